The zero-order valence-electron chi connectivity index (χ0n) is 20.6. The van der Waals surface area contributed by atoms with Crippen LogP contribution in [0.15, 0.2) is 40.9 Å². The first kappa shape index (κ1) is 25.7. The summed E-state index contributed by atoms with van der Waals surface area (Å²) in [5, 5.41) is 8.01. The molecular weight excluding hydrogens is 484 g/mol. The third-order valence-electron chi connectivity index (χ3n) is 5.46. The number of nitrogens with one attached hydrogen (secondary N) is 2. The maximum Gasteiger partial charge on any atom is 0.410 e. The van der Waals surface area contributed by atoms with Crippen LogP contribution in [0.1, 0.15) is 32.2 Å². The van der Waals surface area contributed by atoms with E-state index in [1.807, 2.05) is 39.0 Å². The Morgan fingerprint density at radius 3 is 2.77 bits per heavy atom. The molecule has 1 atom stereocenters. The molecule has 2 aliphatic heterocycles. The number of benzene rings is 1. The van der Waals surface area contributed by atoms with Gasteiger partial charge in [-0.05, 0) is 38.5 Å². The van der Waals surface area contributed by atoms with Crippen molar-refractivity contribution in [1.29, 1.82) is 0 Å². The standard InChI is InChI=1S/C25H32N4O4S2/c1-25(2,3)33-24(31)29-13-10-16-19(15-29)35-23(28-20(30)9-11-26-12-14-32-4)21(16)22-27-17-7-5-6-8-18(17)34-22/h5-8,10,19,26H,9,11-15H2,1-4H3,(H,28,30). The normalized spacial score (nSPS) is 18.0. The molecule has 2 aliphatic rings. The van der Waals surface area contributed by atoms with E-state index in [9.17, 15) is 9.59 Å². The molecule has 0 radical (unpaired) electrons. The van der Waals surface area contributed by atoms with Crippen molar-refractivity contribution in [3.05, 3.63) is 46.0 Å². The quantitative estimate of drug-likeness (QED) is 0.513. The monoisotopic (exact) mass is 516 g/mol. The van der Waals surface area contributed by atoms with Crippen LogP contribution in [0.2, 0.25) is 0 Å². The van der Waals surface area contributed by atoms with E-state index >= 15 is 0 Å². The van der Waals surface area contributed by atoms with E-state index in [1.165, 1.54) is 0 Å². The Morgan fingerprint density at radius 1 is 1.23 bits per heavy atom. The van der Waals surface area contributed by atoms with E-state index in [1.54, 1.807) is 35.1 Å². The third-order valence-corrected chi connectivity index (χ3v) is 7.75. The Balaban J connectivity index is 1.55. The molecule has 0 saturated heterocycles. The number of thiazole rings is 1. The average Bonchev–Trinajstić information content (AvgIpc) is 3.37. The number of hydrogen-bond donors (Lipinski definition) is 2. The van der Waals surface area contributed by atoms with Crippen LogP contribution < -0.4 is 10.6 Å². The zero-order valence-corrected chi connectivity index (χ0v) is 22.2. The molecule has 188 valence electrons. The molecular formula is C25H32N4O4S2. The molecule has 0 bridgehead atoms. The van der Waals surface area contributed by atoms with Gasteiger partial charge in [-0.15, -0.1) is 11.3 Å². The van der Waals surface area contributed by atoms with Crippen molar-refractivity contribution in [3.63, 3.8) is 0 Å². The van der Waals surface area contributed by atoms with Gasteiger partial charge in [0.1, 0.15) is 10.6 Å². The van der Waals surface area contributed by atoms with Crippen LogP contribution in [-0.4, -0.2) is 72.6 Å². The lowest BCUT2D eigenvalue weighted by atomic mass is 10.0. The van der Waals surface area contributed by atoms with Gasteiger partial charge in [0, 0.05) is 45.3 Å². The van der Waals surface area contributed by atoms with Gasteiger partial charge < -0.3 is 25.0 Å². The number of methoxy groups -OCH3 is 1. The number of thioether (sulfide) groups is 1. The Hall–Kier alpha value is -2.40. The maximum atomic E-state index is 12.8. The SMILES string of the molecule is COCCNCCC(=O)NC1=C(c2nc3ccccc3s2)C2=CCN(C(=O)OC(C)(C)C)CC2S1. The van der Waals surface area contributed by atoms with Gasteiger partial charge in [0.2, 0.25) is 5.91 Å². The fraction of sp³-hybridized carbons (Fsp3) is 0.480. The molecule has 35 heavy (non-hydrogen) atoms. The topological polar surface area (TPSA) is 92.8 Å². The summed E-state index contributed by atoms with van der Waals surface area (Å²) in [6.07, 6.45) is 2.10. The van der Waals surface area contributed by atoms with Gasteiger partial charge in [-0.2, -0.15) is 0 Å². The average molecular weight is 517 g/mol. The van der Waals surface area contributed by atoms with E-state index < -0.39 is 5.60 Å². The van der Waals surface area contributed by atoms with E-state index in [4.69, 9.17) is 14.5 Å². The van der Waals surface area contributed by atoms with Crippen molar-refractivity contribution in [2.75, 3.05) is 39.9 Å². The second-order valence-corrected chi connectivity index (χ2v) is 11.6. The van der Waals surface area contributed by atoms with Crippen LogP contribution in [0.3, 0.4) is 0 Å². The van der Waals surface area contributed by atoms with Crippen LogP contribution >= 0.6 is 23.1 Å². The fourth-order valence-corrected chi connectivity index (χ4v) is 6.36. The first-order valence-electron chi connectivity index (χ1n) is 11.7. The number of ether oxygens (including phenoxy) is 2. The number of para-hydroxylation sites is 1. The van der Waals surface area contributed by atoms with Gasteiger partial charge in [-0.25, -0.2) is 9.78 Å². The highest BCUT2D eigenvalue weighted by Gasteiger charge is 2.38. The van der Waals surface area contributed by atoms with E-state index in [0.717, 1.165) is 31.4 Å². The highest BCUT2D eigenvalue weighted by Crippen LogP contribution is 2.48. The molecule has 0 aliphatic carbocycles. The predicted octanol–water partition coefficient (Wildman–Crippen LogP) is 4.00. The Labute approximate surface area is 214 Å². The van der Waals surface area contributed by atoms with E-state index in [-0.39, 0.29) is 17.3 Å². The highest BCUT2D eigenvalue weighted by molar-refractivity contribution is 8.04. The largest absolute Gasteiger partial charge is 0.444 e. The highest BCUT2D eigenvalue weighted by atomic mass is 32.2. The summed E-state index contributed by atoms with van der Waals surface area (Å²) in [5.74, 6) is -0.0562. The Kier molecular flexibility index (Phi) is 8.16. The maximum absolute atomic E-state index is 12.8. The third kappa shape index (κ3) is 6.43. The minimum atomic E-state index is -0.551. The van der Waals surface area contributed by atoms with Crippen LogP contribution in [0.5, 0.6) is 0 Å². The summed E-state index contributed by atoms with van der Waals surface area (Å²) in [5.41, 5.74) is 2.46. The van der Waals surface area contributed by atoms with Crippen molar-refractivity contribution in [3.8, 4) is 0 Å². The fourth-order valence-electron chi connectivity index (χ4n) is 3.87. The number of rotatable bonds is 8. The Morgan fingerprint density at radius 2 is 2.03 bits per heavy atom. The number of hydrogen-bond acceptors (Lipinski definition) is 8. The molecule has 1 aromatic heterocycles. The molecule has 1 aromatic carbocycles. The number of carbonyl (C=O) groups is 2. The zero-order chi connectivity index (χ0) is 25.0. The summed E-state index contributed by atoms with van der Waals surface area (Å²) in [7, 11) is 1.65. The summed E-state index contributed by atoms with van der Waals surface area (Å²) in [4.78, 5) is 32.0. The van der Waals surface area contributed by atoms with Crippen LogP contribution in [-0.2, 0) is 14.3 Å². The van der Waals surface area contributed by atoms with Crippen molar-refractivity contribution in [2.24, 2.45) is 0 Å². The molecule has 0 spiro atoms. The molecule has 8 nitrogen and oxygen atoms in total. The number of nitrogens with zero attached hydrogens (tertiary/aromatic N) is 2. The smallest absolute Gasteiger partial charge is 0.410 e. The predicted molar refractivity (Wildman–Crippen MR) is 141 cm³/mol. The molecule has 2 amide bonds. The molecule has 10 heteroatoms. The van der Waals surface area contributed by atoms with E-state index in [0.29, 0.717) is 39.2 Å². The van der Waals surface area contributed by atoms with E-state index in [2.05, 4.69) is 22.8 Å². The first-order chi connectivity index (χ1) is 16.7. The lowest BCUT2D eigenvalue weighted by Gasteiger charge is -2.31. The van der Waals surface area contributed by atoms with Gasteiger partial charge in [-0.1, -0.05) is 30.0 Å². The van der Waals surface area contributed by atoms with Gasteiger partial charge >= 0.3 is 6.09 Å². The van der Waals surface area contributed by atoms with Crippen molar-refractivity contribution >= 4 is 50.9 Å². The minimum absolute atomic E-state index is 0.00779. The second-order valence-electron chi connectivity index (χ2n) is 9.38. The summed E-state index contributed by atoms with van der Waals surface area (Å²) >= 11 is 3.20. The van der Waals surface area contributed by atoms with Crippen molar-refractivity contribution in [1.82, 2.24) is 20.5 Å². The number of allylic oxidation sites excluding steroid dienone is 1. The molecule has 3 heterocycles. The molecule has 1 unspecified atom stereocenters. The van der Waals surface area contributed by atoms with Crippen molar-refractivity contribution in [2.45, 2.75) is 38.0 Å². The molecule has 2 N–H and O–H groups in total. The van der Waals surface area contributed by atoms with Gasteiger partial charge in [0.25, 0.3) is 0 Å². The number of fused-ring (bicyclic) bond motifs is 2. The van der Waals surface area contributed by atoms with Crippen LogP contribution in [0.4, 0.5) is 4.79 Å². The molecule has 0 fully saturated rings. The number of aromatic nitrogens is 1. The molecule has 0 saturated carbocycles. The first-order valence-corrected chi connectivity index (χ1v) is 13.4. The summed E-state index contributed by atoms with van der Waals surface area (Å²) in [6.45, 7) is 8.45. The summed E-state index contributed by atoms with van der Waals surface area (Å²) in [6, 6.07) is 8.03. The summed E-state index contributed by atoms with van der Waals surface area (Å²) < 4.78 is 11.7. The van der Waals surface area contributed by atoms with Gasteiger partial charge in [0.15, 0.2) is 0 Å². The number of amides is 2. The minimum Gasteiger partial charge on any atom is -0.444 e. The lowest BCUT2D eigenvalue weighted by molar-refractivity contribution is -0.120. The van der Waals surface area contributed by atoms with Crippen LogP contribution in [0, 0.1) is 0 Å². The number of carbonyl (C=O) groups excluding carboxylic acids is 2. The van der Waals surface area contributed by atoms with Crippen LogP contribution in [0.25, 0.3) is 15.8 Å². The van der Waals surface area contributed by atoms with Gasteiger partial charge in [0.05, 0.1) is 27.1 Å². The Bertz CT molecular complexity index is 1120. The molecule has 4 rings (SSSR count). The van der Waals surface area contributed by atoms with Gasteiger partial charge in [-0.3, -0.25) is 4.79 Å². The lowest BCUT2D eigenvalue weighted by Crippen LogP contribution is -2.42. The molecule has 2 aromatic rings. The van der Waals surface area contributed by atoms with Crippen molar-refractivity contribution < 1.29 is 19.1 Å². The second kappa shape index (κ2) is 11.1.